The minimum absolute atomic E-state index is 0.00530. The Morgan fingerprint density at radius 3 is 2.70 bits per heavy atom. The lowest BCUT2D eigenvalue weighted by molar-refractivity contribution is -0.147. The Labute approximate surface area is 179 Å². The number of carbonyl (C=O) groups excluding carboxylic acids is 2. The Hall–Kier alpha value is -1.54. The maximum atomic E-state index is 12.2. The van der Waals surface area contributed by atoms with Gasteiger partial charge in [-0.15, -0.1) is 0 Å². The average molecular weight is 427 g/mol. The minimum Gasteiger partial charge on any atom is -0.463 e. The molecule has 0 aromatic carbocycles. The lowest BCUT2D eigenvalue weighted by Crippen LogP contribution is -2.21. The Balaban J connectivity index is 2.37. The van der Waals surface area contributed by atoms with Gasteiger partial charge in [-0.3, -0.25) is 9.59 Å². The van der Waals surface area contributed by atoms with Gasteiger partial charge < -0.3 is 25.2 Å². The van der Waals surface area contributed by atoms with Crippen molar-refractivity contribution in [2.24, 2.45) is 11.8 Å². The third kappa shape index (κ3) is 10.5. The molecule has 0 aliphatic heterocycles. The van der Waals surface area contributed by atoms with Gasteiger partial charge in [0.05, 0.1) is 18.8 Å². The van der Waals surface area contributed by atoms with Crippen LogP contribution in [0.4, 0.5) is 0 Å². The van der Waals surface area contributed by atoms with Gasteiger partial charge in [0.1, 0.15) is 18.5 Å². The van der Waals surface area contributed by atoms with Crippen molar-refractivity contribution in [1.29, 1.82) is 0 Å². The van der Waals surface area contributed by atoms with Crippen LogP contribution >= 0.6 is 0 Å². The van der Waals surface area contributed by atoms with E-state index in [9.17, 15) is 19.8 Å². The van der Waals surface area contributed by atoms with Crippen molar-refractivity contribution in [3.8, 4) is 0 Å². The Morgan fingerprint density at radius 1 is 1.23 bits per heavy atom. The van der Waals surface area contributed by atoms with E-state index in [1.807, 2.05) is 12.2 Å². The summed E-state index contributed by atoms with van der Waals surface area (Å²) in [7, 11) is 0. The summed E-state index contributed by atoms with van der Waals surface area (Å²) in [5.74, 6) is -0.989. The number of hydrogen-bond acceptors (Lipinski definition) is 7. The summed E-state index contributed by atoms with van der Waals surface area (Å²) >= 11 is 0. The van der Waals surface area contributed by atoms with Crippen LogP contribution < -0.4 is 0 Å². The van der Waals surface area contributed by atoms with Gasteiger partial charge in [0.25, 0.3) is 0 Å². The van der Waals surface area contributed by atoms with E-state index in [1.54, 1.807) is 12.2 Å². The third-order valence-corrected chi connectivity index (χ3v) is 5.36. The molecule has 1 aliphatic carbocycles. The van der Waals surface area contributed by atoms with Crippen molar-refractivity contribution in [2.45, 2.75) is 83.0 Å². The number of Topliss-reactive ketones (excluding diaryl/α,β-unsaturated/α-hetero) is 1. The molecule has 5 atom stereocenters. The first-order valence-electron chi connectivity index (χ1n) is 11.1. The smallest absolute Gasteiger partial charge is 0.305 e. The van der Waals surface area contributed by atoms with Gasteiger partial charge in [0.15, 0.2) is 0 Å². The zero-order valence-corrected chi connectivity index (χ0v) is 18.0. The van der Waals surface area contributed by atoms with Crippen molar-refractivity contribution in [1.82, 2.24) is 0 Å². The SMILES string of the molecule is CCCCCC(O)/C=C/[C@H]1C(=O)CC(O)C1C/C=C/CCCC(=O)OCC(O)CO. The number of aliphatic hydroxyl groups is 4. The molecule has 1 rings (SSSR count). The first-order chi connectivity index (χ1) is 14.4. The summed E-state index contributed by atoms with van der Waals surface area (Å²) in [5, 5.41) is 38.0. The number of aliphatic hydroxyl groups excluding tert-OH is 4. The van der Waals surface area contributed by atoms with Gasteiger partial charge in [-0.05, 0) is 25.7 Å². The van der Waals surface area contributed by atoms with Crippen LogP contribution in [0.1, 0.15) is 64.7 Å². The summed E-state index contributed by atoms with van der Waals surface area (Å²) < 4.78 is 4.83. The van der Waals surface area contributed by atoms with E-state index < -0.39 is 30.9 Å². The summed E-state index contributed by atoms with van der Waals surface area (Å²) in [4.78, 5) is 23.7. The largest absolute Gasteiger partial charge is 0.463 e. The highest BCUT2D eigenvalue weighted by Gasteiger charge is 2.39. The highest BCUT2D eigenvalue weighted by atomic mass is 16.5. The average Bonchev–Trinajstić information content (AvgIpc) is 2.99. The van der Waals surface area contributed by atoms with E-state index in [0.717, 1.165) is 19.3 Å². The zero-order valence-electron chi connectivity index (χ0n) is 18.0. The third-order valence-electron chi connectivity index (χ3n) is 5.36. The molecule has 0 aromatic heterocycles. The normalized spacial score (nSPS) is 24.0. The quantitative estimate of drug-likeness (QED) is 0.179. The topological polar surface area (TPSA) is 124 Å². The van der Waals surface area contributed by atoms with Crippen LogP contribution in [0.15, 0.2) is 24.3 Å². The van der Waals surface area contributed by atoms with Crippen LogP contribution in [-0.4, -0.2) is 63.7 Å². The lowest BCUT2D eigenvalue weighted by Gasteiger charge is -2.17. The van der Waals surface area contributed by atoms with E-state index in [0.29, 0.717) is 25.7 Å². The molecule has 1 fully saturated rings. The minimum atomic E-state index is -1.05. The fourth-order valence-electron chi connectivity index (χ4n) is 3.52. The predicted molar refractivity (Wildman–Crippen MR) is 114 cm³/mol. The number of unbranched alkanes of at least 4 members (excludes halogenated alkanes) is 3. The van der Waals surface area contributed by atoms with Gasteiger partial charge in [0.2, 0.25) is 0 Å². The number of ketones is 1. The molecule has 4 unspecified atom stereocenters. The molecule has 0 bridgehead atoms. The molecule has 1 saturated carbocycles. The highest BCUT2D eigenvalue weighted by molar-refractivity contribution is 5.86. The summed E-state index contributed by atoms with van der Waals surface area (Å²) in [6.45, 7) is 1.45. The molecule has 0 aromatic rings. The Kier molecular flexibility index (Phi) is 13.5. The van der Waals surface area contributed by atoms with Crippen LogP contribution in [0, 0.1) is 11.8 Å². The van der Waals surface area contributed by atoms with Gasteiger partial charge in [0, 0.05) is 24.7 Å². The number of hydrogen-bond donors (Lipinski definition) is 4. The van der Waals surface area contributed by atoms with E-state index in [-0.39, 0.29) is 37.1 Å². The van der Waals surface area contributed by atoms with Crippen molar-refractivity contribution in [2.75, 3.05) is 13.2 Å². The molecule has 172 valence electrons. The maximum Gasteiger partial charge on any atom is 0.305 e. The van der Waals surface area contributed by atoms with E-state index >= 15 is 0 Å². The van der Waals surface area contributed by atoms with Gasteiger partial charge in [-0.2, -0.15) is 0 Å². The monoisotopic (exact) mass is 426 g/mol. The molecule has 1 aliphatic rings. The second kappa shape index (κ2) is 15.3. The maximum absolute atomic E-state index is 12.2. The molecule has 7 nitrogen and oxygen atoms in total. The fraction of sp³-hybridized carbons (Fsp3) is 0.739. The molecule has 7 heteroatoms. The van der Waals surface area contributed by atoms with Crippen LogP contribution in [0.3, 0.4) is 0 Å². The standard InChI is InChI=1S/C23H38O7/c1-2-3-6-9-17(25)12-13-20-19(21(27)14-22(20)28)10-7-4-5-8-11-23(29)30-16-18(26)15-24/h4,7,12-13,17-21,24-27H,2-3,5-6,8-11,14-16H2,1H3/b7-4+,13-12+/t17?,18?,19?,20-,21?/m1/s1. The number of ether oxygens (including phenoxy) is 1. The van der Waals surface area contributed by atoms with E-state index in [1.165, 1.54) is 0 Å². The number of allylic oxidation sites excluding steroid dienone is 3. The number of rotatable bonds is 15. The summed E-state index contributed by atoms with van der Waals surface area (Å²) in [6.07, 6.45) is 11.0. The van der Waals surface area contributed by atoms with Crippen molar-refractivity contribution >= 4 is 11.8 Å². The second-order valence-corrected chi connectivity index (χ2v) is 7.99. The van der Waals surface area contributed by atoms with Crippen LogP contribution in [0.2, 0.25) is 0 Å². The fourth-order valence-corrected chi connectivity index (χ4v) is 3.52. The first-order valence-corrected chi connectivity index (χ1v) is 11.1. The van der Waals surface area contributed by atoms with Crippen LogP contribution in [0.25, 0.3) is 0 Å². The second-order valence-electron chi connectivity index (χ2n) is 7.99. The number of carbonyl (C=O) groups is 2. The molecule has 30 heavy (non-hydrogen) atoms. The number of esters is 1. The summed E-state index contributed by atoms with van der Waals surface area (Å²) in [5.41, 5.74) is 0. The molecule has 0 heterocycles. The predicted octanol–water partition coefficient (Wildman–Crippen LogP) is 2.06. The molecule has 4 N–H and O–H groups in total. The van der Waals surface area contributed by atoms with Crippen molar-refractivity contribution < 1.29 is 34.8 Å². The first kappa shape index (κ1) is 26.5. The molecule has 0 spiro atoms. The van der Waals surface area contributed by atoms with Crippen LogP contribution in [-0.2, 0) is 14.3 Å². The van der Waals surface area contributed by atoms with Crippen molar-refractivity contribution in [3.05, 3.63) is 24.3 Å². The molecular weight excluding hydrogens is 388 g/mol. The lowest BCUT2D eigenvalue weighted by atomic mass is 9.90. The van der Waals surface area contributed by atoms with E-state index in [4.69, 9.17) is 14.9 Å². The van der Waals surface area contributed by atoms with Crippen molar-refractivity contribution in [3.63, 3.8) is 0 Å². The molecule has 0 saturated heterocycles. The van der Waals surface area contributed by atoms with Gasteiger partial charge in [-0.25, -0.2) is 0 Å². The summed E-state index contributed by atoms with van der Waals surface area (Å²) in [6, 6.07) is 0. The molecule has 0 radical (unpaired) electrons. The molecule has 0 amide bonds. The molecular formula is C23H38O7. The van der Waals surface area contributed by atoms with Gasteiger partial charge >= 0.3 is 5.97 Å². The highest BCUT2D eigenvalue weighted by Crippen LogP contribution is 2.33. The van der Waals surface area contributed by atoms with Gasteiger partial charge in [-0.1, -0.05) is 50.5 Å². The zero-order chi connectivity index (χ0) is 22.4. The van der Waals surface area contributed by atoms with E-state index in [2.05, 4.69) is 6.92 Å². The Bertz CT molecular complexity index is 558. The van der Waals surface area contributed by atoms with Crippen LogP contribution in [0.5, 0.6) is 0 Å². The Morgan fingerprint density at radius 2 is 2.00 bits per heavy atom.